The molecule has 178 valence electrons. The van der Waals surface area contributed by atoms with Crippen molar-refractivity contribution in [1.82, 2.24) is 4.98 Å². The van der Waals surface area contributed by atoms with E-state index in [9.17, 15) is 19.8 Å². The van der Waals surface area contributed by atoms with E-state index in [0.29, 0.717) is 19.3 Å². The van der Waals surface area contributed by atoms with Crippen LogP contribution in [0.1, 0.15) is 64.5 Å². The fourth-order valence-corrected chi connectivity index (χ4v) is 8.91. The van der Waals surface area contributed by atoms with Gasteiger partial charge in [0.1, 0.15) is 5.60 Å². The van der Waals surface area contributed by atoms with Crippen molar-refractivity contribution in [3.8, 4) is 0 Å². The SMILES string of the molecule is Cc1cccc(SCC(=O)[C@@]2(O)CCC3C4CCC5=CC(=O)CCC5(C)C4C(O)CC32C)n1. The van der Waals surface area contributed by atoms with Crippen LogP contribution >= 0.6 is 11.8 Å². The lowest BCUT2D eigenvalue weighted by Gasteiger charge is -2.60. The summed E-state index contributed by atoms with van der Waals surface area (Å²) in [6.45, 7) is 6.19. The summed E-state index contributed by atoms with van der Waals surface area (Å²) in [7, 11) is 0. The van der Waals surface area contributed by atoms with Crippen LogP contribution < -0.4 is 0 Å². The smallest absolute Gasteiger partial charge is 0.175 e. The number of ketones is 2. The minimum Gasteiger partial charge on any atom is -0.393 e. The minimum absolute atomic E-state index is 0.0898. The van der Waals surface area contributed by atoms with Gasteiger partial charge in [-0.05, 0) is 86.8 Å². The fourth-order valence-electron chi connectivity index (χ4n) is 8.01. The van der Waals surface area contributed by atoms with Crippen LogP contribution in [0.3, 0.4) is 0 Å². The largest absolute Gasteiger partial charge is 0.393 e. The van der Waals surface area contributed by atoms with Crippen LogP contribution in [0.2, 0.25) is 0 Å². The molecule has 0 spiro atoms. The molecular formula is C27H35NO4S. The van der Waals surface area contributed by atoms with E-state index in [1.807, 2.05) is 38.1 Å². The molecule has 33 heavy (non-hydrogen) atoms. The van der Waals surface area contributed by atoms with E-state index in [0.717, 1.165) is 36.4 Å². The van der Waals surface area contributed by atoms with E-state index >= 15 is 0 Å². The number of Topliss-reactive ketones (excluding diaryl/α,β-unsaturated/α-hetero) is 1. The Balaban J connectivity index is 1.39. The molecule has 2 N–H and O–H groups in total. The zero-order valence-electron chi connectivity index (χ0n) is 19.8. The van der Waals surface area contributed by atoms with E-state index in [2.05, 4.69) is 11.9 Å². The maximum atomic E-state index is 13.5. The summed E-state index contributed by atoms with van der Waals surface area (Å²) in [5, 5.41) is 24.1. The van der Waals surface area contributed by atoms with E-state index in [-0.39, 0.29) is 40.5 Å². The van der Waals surface area contributed by atoms with Gasteiger partial charge in [-0.2, -0.15) is 0 Å². The molecule has 5 nitrogen and oxygen atoms in total. The Morgan fingerprint density at radius 3 is 2.76 bits per heavy atom. The minimum atomic E-state index is -1.42. The van der Waals surface area contributed by atoms with Crippen molar-refractivity contribution in [1.29, 1.82) is 0 Å². The molecule has 1 aromatic rings. The number of carbonyl (C=O) groups is 2. The number of nitrogens with zero attached hydrogens (tertiary/aromatic N) is 1. The number of rotatable bonds is 4. The highest BCUT2D eigenvalue weighted by molar-refractivity contribution is 7.99. The van der Waals surface area contributed by atoms with Gasteiger partial charge in [0.25, 0.3) is 0 Å². The van der Waals surface area contributed by atoms with E-state index in [1.165, 1.54) is 17.3 Å². The molecule has 5 rings (SSSR count). The number of hydrogen-bond acceptors (Lipinski definition) is 6. The monoisotopic (exact) mass is 469 g/mol. The highest BCUT2D eigenvalue weighted by Gasteiger charge is 2.68. The van der Waals surface area contributed by atoms with Gasteiger partial charge in [-0.15, -0.1) is 0 Å². The van der Waals surface area contributed by atoms with Crippen LogP contribution in [-0.2, 0) is 9.59 Å². The number of pyridine rings is 1. The first-order valence-electron chi connectivity index (χ1n) is 12.3. The second kappa shape index (κ2) is 8.03. The van der Waals surface area contributed by atoms with Gasteiger partial charge in [0.05, 0.1) is 16.9 Å². The van der Waals surface area contributed by atoms with Crippen LogP contribution in [0.5, 0.6) is 0 Å². The van der Waals surface area contributed by atoms with Gasteiger partial charge < -0.3 is 10.2 Å². The number of carbonyl (C=O) groups excluding carboxylic acids is 2. The maximum Gasteiger partial charge on any atom is 0.175 e. The number of fused-ring (bicyclic) bond motifs is 5. The summed E-state index contributed by atoms with van der Waals surface area (Å²) in [4.78, 5) is 30.0. The third kappa shape index (κ3) is 3.47. The van der Waals surface area contributed by atoms with Crippen LogP contribution in [0.4, 0.5) is 0 Å². The number of hydrogen-bond donors (Lipinski definition) is 2. The summed E-state index contributed by atoms with van der Waals surface area (Å²) in [6, 6.07) is 5.75. The second-order valence-electron chi connectivity index (χ2n) is 11.3. The number of aryl methyl sites for hydroxylation is 1. The van der Waals surface area contributed by atoms with Crippen molar-refractivity contribution in [2.75, 3.05) is 5.75 Å². The Labute approximate surface area is 200 Å². The molecule has 7 atom stereocenters. The quantitative estimate of drug-likeness (QED) is 0.640. The lowest BCUT2D eigenvalue weighted by atomic mass is 9.45. The Morgan fingerprint density at radius 2 is 2.00 bits per heavy atom. The van der Waals surface area contributed by atoms with Crippen molar-refractivity contribution < 1.29 is 19.8 Å². The fraction of sp³-hybridized carbons (Fsp3) is 0.667. The third-order valence-corrected chi connectivity index (χ3v) is 10.7. The van der Waals surface area contributed by atoms with Gasteiger partial charge in [0.2, 0.25) is 0 Å². The van der Waals surface area contributed by atoms with Gasteiger partial charge in [-0.1, -0.05) is 37.2 Å². The summed E-state index contributed by atoms with van der Waals surface area (Å²) < 4.78 is 0. The Hall–Kier alpha value is -1.50. The first-order chi connectivity index (χ1) is 15.6. The zero-order chi connectivity index (χ0) is 23.6. The van der Waals surface area contributed by atoms with Gasteiger partial charge in [-0.25, -0.2) is 4.98 Å². The predicted molar refractivity (Wildman–Crippen MR) is 128 cm³/mol. The molecule has 4 aliphatic rings. The lowest BCUT2D eigenvalue weighted by molar-refractivity contribution is -0.178. The molecule has 0 aliphatic heterocycles. The number of aliphatic hydroxyl groups is 2. The molecule has 1 aromatic heterocycles. The molecule has 3 fully saturated rings. The molecule has 0 aromatic carbocycles. The highest BCUT2D eigenvalue weighted by atomic mass is 32.2. The molecule has 0 amide bonds. The Morgan fingerprint density at radius 1 is 1.21 bits per heavy atom. The Kier molecular flexibility index (Phi) is 5.66. The van der Waals surface area contributed by atoms with Crippen LogP contribution in [0.25, 0.3) is 0 Å². The zero-order valence-corrected chi connectivity index (χ0v) is 20.7. The first-order valence-corrected chi connectivity index (χ1v) is 13.3. The van der Waals surface area contributed by atoms with Gasteiger partial charge in [0, 0.05) is 17.5 Å². The van der Waals surface area contributed by atoms with Crippen LogP contribution in [0, 0.1) is 35.5 Å². The Bertz CT molecular complexity index is 1020. The molecule has 0 bridgehead atoms. The van der Waals surface area contributed by atoms with Crippen molar-refractivity contribution in [2.24, 2.45) is 28.6 Å². The molecule has 0 saturated heterocycles. The highest BCUT2D eigenvalue weighted by Crippen LogP contribution is 2.67. The second-order valence-corrected chi connectivity index (χ2v) is 12.3. The van der Waals surface area contributed by atoms with Crippen LogP contribution in [-0.4, -0.2) is 44.2 Å². The standard InChI is InChI=1S/C27H35NO4S/c1-16-5-4-6-23(28-16)33-15-22(31)27(32)12-10-20-19-8-7-17-13-18(29)9-11-25(17,2)24(19)21(30)14-26(20,27)3/h4-6,13,19-21,24,30,32H,7-12,14-15H2,1-3H3/t19?,20?,21?,24?,25?,26?,27-/m0/s1. The molecule has 4 aliphatic carbocycles. The van der Waals surface area contributed by atoms with E-state index in [1.54, 1.807) is 0 Å². The van der Waals surface area contributed by atoms with Crippen molar-refractivity contribution in [2.45, 2.75) is 82.4 Å². The maximum absolute atomic E-state index is 13.5. The van der Waals surface area contributed by atoms with Crippen LogP contribution in [0.15, 0.2) is 34.9 Å². The molecule has 1 heterocycles. The predicted octanol–water partition coefficient (Wildman–Crippen LogP) is 4.29. The van der Waals surface area contributed by atoms with Gasteiger partial charge >= 0.3 is 0 Å². The van der Waals surface area contributed by atoms with Gasteiger partial charge in [-0.3, -0.25) is 9.59 Å². The molecular weight excluding hydrogens is 434 g/mol. The van der Waals surface area contributed by atoms with Crippen molar-refractivity contribution in [3.05, 3.63) is 35.5 Å². The molecule has 6 unspecified atom stereocenters. The first kappa shape index (κ1) is 23.3. The average molecular weight is 470 g/mol. The summed E-state index contributed by atoms with van der Waals surface area (Å²) in [5.41, 5.74) is -0.0966. The summed E-state index contributed by atoms with van der Waals surface area (Å²) in [6.07, 6.45) is 6.11. The number of aliphatic hydroxyl groups excluding tert-OH is 1. The van der Waals surface area contributed by atoms with E-state index < -0.39 is 17.1 Å². The molecule has 3 saturated carbocycles. The lowest BCUT2D eigenvalue weighted by Crippen LogP contribution is -2.61. The van der Waals surface area contributed by atoms with Crippen molar-refractivity contribution >= 4 is 23.3 Å². The van der Waals surface area contributed by atoms with E-state index in [4.69, 9.17) is 0 Å². The topological polar surface area (TPSA) is 87.5 Å². The van der Waals surface area contributed by atoms with Gasteiger partial charge in [0.15, 0.2) is 11.6 Å². The summed E-state index contributed by atoms with van der Waals surface area (Å²) >= 11 is 1.38. The number of thioether (sulfide) groups is 1. The molecule has 0 radical (unpaired) electrons. The average Bonchev–Trinajstić information content (AvgIpc) is 3.03. The molecule has 6 heteroatoms. The number of aromatic nitrogens is 1. The third-order valence-electron chi connectivity index (χ3n) is 9.72. The normalized spacial score (nSPS) is 42.2. The number of allylic oxidation sites excluding steroid dienone is 1. The summed E-state index contributed by atoms with van der Waals surface area (Å²) in [5.74, 6) is 0.813. The van der Waals surface area contributed by atoms with Crippen molar-refractivity contribution in [3.63, 3.8) is 0 Å².